The molecule has 0 unspecified atom stereocenters. The number of hydrogen-bond acceptors (Lipinski definition) is 1. The molecule has 0 spiro atoms. The van der Waals surface area contributed by atoms with Crippen molar-refractivity contribution in [2.24, 2.45) is 0 Å². The average molecular weight is 276 g/mol. The quantitative estimate of drug-likeness (QED) is 0.709. The van der Waals surface area contributed by atoms with E-state index in [-0.39, 0.29) is 4.47 Å². The first-order chi connectivity index (χ1) is 7.52. The normalized spacial score (nSPS) is 15.6. The van der Waals surface area contributed by atoms with E-state index in [2.05, 4.69) is 20.7 Å². The van der Waals surface area contributed by atoms with Crippen LogP contribution in [-0.2, 0) is 0 Å². The second kappa shape index (κ2) is 3.76. The lowest BCUT2D eigenvalue weighted by molar-refractivity contribution is -0.275. The lowest BCUT2D eigenvalue weighted by atomic mass is 10.2. The Morgan fingerprint density at radius 2 is 2.07 bits per heavy atom. The molecule has 1 rings (SSSR count). The van der Waals surface area contributed by atoms with E-state index in [9.17, 15) is 17.6 Å². The first-order valence-corrected chi connectivity index (χ1v) is 4.06. The van der Waals surface area contributed by atoms with E-state index in [1.807, 2.05) is 0 Å². The van der Waals surface area contributed by atoms with Crippen molar-refractivity contribution in [1.82, 2.24) is 0 Å². The summed E-state index contributed by atoms with van der Waals surface area (Å²) >= 11 is 2.76. The van der Waals surface area contributed by atoms with Crippen molar-refractivity contribution in [2.45, 2.75) is 13.2 Å². The van der Waals surface area contributed by atoms with Gasteiger partial charge in [-0.05, 0) is 19.0 Å². The number of hydrogen-bond donors (Lipinski definition) is 0. The minimum atomic E-state index is -5.08. The first-order valence-electron chi connectivity index (χ1n) is 4.76. The van der Waals surface area contributed by atoms with E-state index in [0.29, 0.717) is 6.07 Å². The van der Waals surface area contributed by atoms with Crippen LogP contribution < -0.4 is 4.74 Å². The Bertz CT molecular complexity index is 430. The van der Waals surface area contributed by atoms with Gasteiger partial charge in [-0.3, -0.25) is 0 Å². The molecular weight excluding hydrogens is 268 g/mol. The summed E-state index contributed by atoms with van der Waals surface area (Å²) in [7, 11) is 0. The summed E-state index contributed by atoms with van der Waals surface area (Å²) < 4.78 is 73.5. The molecule has 6 heteroatoms. The molecule has 0 aliphatic carbocycles. The van der Waals surface area contributed by atoms with E-state index in [1.54, 1.807) is 0 Å². The second-order valence-electron chi connectivity index (χ2n) is 2.28. The van der Waals surface area contributed by atoms with Crippen molar-refractivity contribution in [3.63, 3.8) is 0 Å². The lowest BCUT2D eigenvalue weighted by Gasteiger charge is -2.11. The molecule has 0 saturated heterocycles. The molecule has 0 aromatic heterocycles. The predicted octanol–water partition coefficient (Wildman–Crippen LogP) is 3.80. The van der Waals surface area contributed by atoms with E-state index in [4.69, 9.17) is 4.11 Å². The molecule has 0 bridgehead atoms. The maximum absolute atomic E-state index is 13.5. The Morgan fingerprint density at radius 3 is 2.57 bits per heavy atom. The highest BCUT2D eigenvalue weighted by Gasteiger charge is 2.32. The monoisotopic (exact) mass is 275 g/mol. The molecule has 1 aromatic carbocycles. The summed E-state index contributed by atoms with van der Waals surface area (Å²) in [6.45, 7) is -2.88. The van der Waals surface area contributed by atoms with Gasteiger partial charge in [0.15, 0.2) is 11.6 Å². The molecule has 0 N–H and O–H groups in total. The van der Waals surface area contributed by atoms with Crippen LogP contribution in [0.3, 0.4) is 0 Å². The van der Waals surface area contributed by atoms with Crippen LogP contribution in [0.25, 0.3) is 0 Å². The van der Waals surface area contributed by atoms with Gasteiger partial charge in [0.1, 0.15) is 0 Å². The van der Waals surface area contributed by atoms with Gasteiger partial charge >= 0.3 is 6.36 Å². The molecule has 14 heavy (non-hydrogen) atoms. The van der Waals surface area contributed by atoms with Crippen LogP contribution in [0.15, 0.2) is 16.6 Å². The molecule has 0 radical (unpaired) electrons. The van der Waals surface area contributed by atoms with E-state index < -0.39 is 30.3 Å². The number of rotatable bonds is 1. The van der Waals surface area contributed by atoms with Gasteiger partial charge in [-0.15, -0.1) is 13.2 Å². The predicted molar refractivity (Wildman–Crippen MR) is 45.5 cm³/mol. The van der Waals surface area contributed by atoms with Crippen LogP contribution in [0.4, 0.5) is 17.6 Å². The fourth-order valence-corrected chi connectivity index (χ4v) is 1.04. The SMILES string of the molecule is [2H]C([2H])([2H])c1c(Br)ccc(OC(F)(F)F)c1F. The summed E-state index contributed by atoms with van der Waals surface area (Å²) in [5.74, 6) is -2.73. The molecule has 1 nitrogen and oxygen atoms in total. The molecule has 0 fully saturated rings. The number of halogens is 5. The zero-order valence-electron chi connectivity index (χ0n) is 9.45. The Hall–Kier alpha value is -0.780. The van der Waals surface area contributed by atoms with Crippen LogP contribution in [0.2, 0.25) is 0 Å². The van der Waals surface area contributed by atoms with Gasteiger partial charge in [-0.1, -0.05) is 15.9 Å². The van der Waals surface area contributed by atoms with E-state index >= 15 is 0 Å². The van der Waals surface area contributed by atoms with Crippen LogP contribution >= 0.6 is 15.9 Å². The summed E-state index contributed by atoms with van der Waals surface area (Å²) in [6.07, 6.45) is -5.08. The number of benzene rings is 1. The molecule has 0 amide bonds. The standard InChI is InChI=1S/C8H5BrF4O/c1-4-5(9)2-3-6(7(4)10)14-8(11,12)13/h2-3H,1H3/i1D3. The second-order valence-corrected chi connectivity index (χ2v) is 3.14. The zero-order chi connectivity index (χ0) is 13.4. The maximum atomic E-state index is 13.5. The lowest BCUT2D eigenvalue weighted by Crippen LogP contribution is -2.18. The van der Waals surface area contributed by atoms with Crippen LogP contribution in [0.1, 0.15) is 9.68 Å². The third kappa shape index (κ3) is 2.60. The van der Waals surface area contributed by atoms with E-state index in [1.165, 1.54) is 0 Å². The largest absolute Gasteiger partial charge is 0.573 e. The van der Waals surface area contributed by atoms with Crippen LogP contribution in [-0.4, -0.2) is 6.36 Å². The third-order valence-corrected chi connectivity index (χ3v) is 1.94. The summed E-state index contributed by atoms with van der Waals surface area (Å²) in [4.78, 5) is 0. The van der Waals surface area contributed by atoms with Gasteiger partial charge in [-0.2, -0.15) is 0 Å². The van der Waals surface area contributed by atoms with Crippen molar-refractivity contribution in [1.29, 1.82) is 0 Å². The molecule has 0 saturated carbocycles. The van der Waals surface area contributed by atoms with Gasteiger partial charge in [0, 0.05) is 14.1 Å². The smallest absolute Gasteiger partial charge is 0.403 e. The molecular formula is C8H5BrF4O. The number of ether oxygens (including phenoxy) is 1. The number of alkyl halides is 3. The van der Waals surface area contributed by atoms with Crippen LogP contribution in [0, 0.1) is 12.7 Å². The Labute approximate surface area is 90.0 Å². The molecule has 1 aromatic rings. The highest BCUT2D eigenvalue weighted by molar-refractivity contribution is 9.10. The van der Waals surface area contributed by atoms with Crippen molar-refractivity contribution >= 4 is 15.9 Å². The Balaban J connectivity index is 3.30. The first kappa shape index (κ1) is 7.50. The highest BCUT2D eigenvalue weighted by atomic mass is 79.9. The summed E-state index contributed by atoms with van der Waals surface area (Å²) in [5.41, 5.74) is -0.848. The minimum Gasteiger partial charge on any atom is -0.403 e. The summed E-state index contributed by atoms with van der Waals surface area (Å²) in [5, 5.41) is 0. The summed E-state index contributed by atoms with van der Waals surface area (Å²) in [6, 6.07) is 1.67. The maximum Gasteiger partial charge on any atom is 0.573 e. The van der Waals surface area contributed by atoms with Gasteiger partial charge in [0.2, 0.25) is 0 Å². The van der Waals surface area contributed by atoms with Gasteiger partial charge in [0.05, 0.1) is 0 Å². The topological polar surface area (TPSA) is 9.23 Å². The zero-order valence-corrected chi connectivity index (χ0v) is 8.04. The highest BCUT2D eigenvalue weighted by Crippen LogP contribution is 2.30. The van der Waals surface area contributed by atoms with Crippen molar-refractivity contribution < 1.29 is 26.4 Å². The average Bonchev–Trinajstić information content (AvgIpc) is 2.06. The molecule has 0 aliphatic rings. The molecule has 0 aliphatic heterocycles. The fraction of sp³-hybridized carbons (Fsp3) is 0.250. The van der Waals surface area contributed by atoms with Gasteiger partial charge < -0.3 is 4.74 Å². The Morgan fingerprint density at radius 1 is 1.43 bits per heavy atom. The molecule has 78 valence electrons. The van der Waals surface area contributed by atoms with Crippen molar-refractivity contribution in [3.05, 3.63) is 28.0 Å². The minimum absolute atomic E-state index is 0.149. The Kier molecular flexibility index (Phi) is 2.02. The molecule has 0 heterocycles. The third-order valence-electron chi connectivity index (χ3n) is 1.28. The van der Waals surface area contributed by atoms with Crippen molar-refractivity contribution in [2.75, 3.05) is 0 Å². The van der Waals surface area contributed by atoms with Crippen LogP contribution in [0.5, 0.6) is 5.75 Å². The molecule has 0 atom stereocenters. The van der Waals surface area contributed by atoms with Gasteiger partial charge in [0.25, 0.3) is 0 Å². The van der Waals surface area contributed by atoms with Gasteiger partial charge in [-0.25, -0.2) is 4.39 Å². The van der Waals surface area contributed by atoms with Crippen molar-refractivity contribution in [3.8, 4) is 5.75 Å². The fourth-order valence-electron chi connectivity index (χ4n) is 0.737. The van der Waals surface area contributed by atoms with E-state index in [0.717, 1.165) is 6.07 Å².